The van der Waals surface area contributed by atoms with Crippen LogP contribution in [0.15, 0.2) is 37.4 Å². The second-order valence-electron chi connectivity index (χ2n) is 6.32. The van der Waals surface area contributed by atoms with Gasteiger partial charge in [0.05, 0.1) is 6.61 Å². The summed E-state index contributed by atoms with van der Waals surface area (Å²) in [6, 6.07) is 9.16. The molecule has 3 heteroatoms. The summed E-state index contributed by atoms with van der Waals surface area (Å²) in [4.78, 5) is 2.50. The van der Waals surface area contributed by atoms with Gasteiger partial charge in [0.2, 0.25) is 0 Å². The molecule has 0 saturated heterocycles. The van der Waals surface area contributed by atoms with E-state index < -0.39 is 0 Å². The maximum atomic E-state index is 5.68. The summed E-state index contributed by atoms with van der Waals surface area (Å²) in [6.45, 7) is 10.6. The van der Waals surface area contributed by atoms with Gasteiger partial charge in [0.15, 0.2) is 0 Å². The highest BCUT2D eigenvalue weighted by Crippen LogP contribution is 2.27. The molecule has 0 atom stereocenters. The Hall–Kier alpha value is -1.32. The van der Waals surface area contributed by atoms with Gasteiger partial charge in [-0.25, -0.2) is 0 Å². The minimum Gasteiger partial charge on any atom is -0.491 e. The van der Waals surface area contributed by atoms with Crippen molar-refractivity contribution in [1.82, 2.24) is 4.90 Å². The normalized spacial score (nSPS) is 20.7. The fourth-order valence-electron chi connectivity index (χ4n) is 3.08. The Morgan fingerprint density at radius 2 is 1.83 bits per heavy atom. The number of rotatable bonds is 7. The van der Waals surface area contributed by atoms with Crippen molar-refractivity contribution in [3.05, 3.63) is 43.0 Å². The SMILES string of the molecule is C=C.COCCOc1cccc(CN(C)C2CCC(C)CC2)c1. The minimum atomic E-state index is 0.607. The molecule has 1 fully saturated rings. The minimum absolute atomic E-state index is 0.607. The smallest absolute Gasteiger partial charge is 0.119 e. The molecular weight excluding hydrogens is 286 g/mol. The Morgan fingerprint density at radius 1 is 1.13 bits per heavy atom. The van der Waals surface area contributed by atoms with E-state index in [1.807, 2.05) is 6.07 Å². The number of nitrogens with zero attached hydrogens (tertiary/aromatic N) is 1. The van der Waals surface area contributed by atoms with E-state index in [9.17, 15) is 0 Å². The largest absolute Gasteiger partial charge is 0.491 e. The standard InChI is InChI=1S/C18H29NO2.C2H4/c1-15-7-9-17(10-8-15)19(2)14-16-5-4-6-18(13-16)21-12-11-20-3;1-2/h4-6,13,15,17H,7-12,14H2,1-3H3;1-2H2. The topological polar surface area (TPSA) is 21.7 Å². The Labute approximate surface area is 142 Å². The van der Waals surface area contributed by atoms with Gasteiger partial charge in [-0.1, -0.05) is 19.1 Å². The molecule has 0 N–H and O–H groups in total. The third-order valence-corrected chi connectivity index (χ3v) is 4.50. The third kappa shape index (κ3) is 7.19. The Bertz CT molecular complexity index is 427. The lowest BCUT2D eigenvalue weighted by Gasteiger charge is -2.33. The average molecular weight is 319 g/mol. The summed E-state index contributed by atoms with van der Waals surface area (Å²) in [5.41, 5.74) is 1.33. The molecule has 0 bridgehead atoms. The van der Waals surface area contributed by atoms with Crippen LogP contribution >= 0.6 is 0 Å². The van der Waals surface area contributed by atoms with Gasteiger partial charge in [-0.2, -0.15) is 0 Å². The molecule has 0 aliphatic heterocycles. The van der Waals surface area contributed by atoms with E-state index in [1.54, 1.807) is 7.11 Å². The number of hydrogen-bond acceptors (Lipinski definition) is 3. The van der Waals surface area contributed by atoms with Crippen molar-refractivity contribution in [1.29, 1.82) is 0 Å². The fraction of sp³-hybridized carbons (Fsp3) is 0.600. The third-order valence-electron chi connectivity index (χ3n) is 4.50. The van der Waals surface area contributed by atoms with Crippen LogP contribution in [0, 0.1) is 5.92 Å². The van der Waals surface area contributed by atoms with Crippen LogP contribution in [0.1, 0.15) is 38.2 Å². The van der Waals surface area contributed by atoms with Gasteiger partial charge < -0.3 is 9.47 Å². The second kappa shape index (κ2) is 11.3. The van der Waals surface area contributed by atoms with Crippen molar-refractivity contribution in [2.24, 2.45) is 5.92 Å². The first-order valence-corrected chi connectivity index (χ1v) is 8.60. The van der Waals surface area contributed by atoms with E-state index in [0.29, 0.717) is 13.2 Å². The Kier molecular flexibility index (Phi) is 9.65. The molecular formula is C20H33NO2. The first-order valence-electron chi connectivity index (χ1n) is 8.60. The van der Waals surface area contributed by atoms with E-state index in [0.717, 1.165) is 24.3 Å². The van der Waals surface area contributed by atoms with Crippen LogP contribution in [0.25, 0.3) is 0 Å². The molecule has 1 aliphatic carbocycles. The van der Waals surface area contributed by atoms with E-state index in [-0.39, 0.29) is 0 Å². The molecule has 0 amide bonds. The molecule has 0 radical (unpaired) electrons. The fourth-order valence-corrected chi connectivity index (χ4v) is 3.08. The highest BCUT2D eigenvalue weighted by molar-refractivity contribution is 5.28. The molecule has 1 aliphatic rings. The Morgan fingerprint density at radius 3 is 2.48 bits per heavy atom. The van der Waals surface area contributed by atoms with Crippen LogP contribution in [0.5, 0.6) is 5.75 Å². The van der Waals surface area contributed by atoms with Crippen LogP contribution in [0.3, 0.4) is 0 Å². The van der Waals surface area contributed by atoms with Crippen molar-refractivity contribution < 1.29 is 9.47 Å². The van der Waals surface area contributed by atoms with Crippen molar-refractivity contribution in [2.45, 2.75) is 45.2 Å². The lowest BCUT2D eigenvalue weighted by molar-refractivity contribution is 0.146. The summed E-state index contributed by atoms with van der Waals surface area (Å²) in [7, 11) is 3.94. The van der Waals surface area contributed by atoms with Crippen molar-refractivity contribution >= 4 is 0 Å². The lowest BCUT2D eigenvalue weighted by Crippen LogP contribution is -2.34. The highest BCUT2D eigenvalue weighted by Gasteiger charge is 2.21. The van der Waals surface area contributed by atoms with E-state index in [2.05, 4.69) is 50.2 Å². The zero-order valence-corrected chi connectivity index (χ0v) is 15.1. The zero-order chi connectivity index (χ0) is 17.1. The number of methoxy groups -OCH3 is 1. The second-order valence-corrected chi connectivity index (χ2v) is 6.32. The summed E-state index contributed by atoms with van der Waals surface area (Å²) in [5, 5.41) is 0. The maximum Gasteiger partial charge on any atom is 0.119 e. The number of ether oxygens (including phenoxy) is 2. The molecule has 0 aromatic heterocycles. The van der Waals surface area contributed by atoms with Crippen LogP contribution in [-0.4, -0.2) is 38.3 Å². The van der Waals surface area contributed by atoms with Gasteiger partial charge in [0.1, 0.15) is 12.4 Å². The zero-order valence-electron chi connectivity index (χ0n) is 15.1. The summed E-state index contributed by atoms with van der Waals surface area (Å²) in [5.74, 6) is 1.85. The molecule has 23 heavy (non-hydrogen) atoms. The predicted molar refractivity (Wildman–Crippen MR) is 98.0 cm³/mol. The molecule has 0 unspecified atom stereocenters. The molecule has 130 valence electrons. The first-order chi connectivity index (χ1) is 11.2. The highest BCUT2D eigenvalue weighted by atomic mass is 16.5. The van der Waals surface area contributed by atoms with Crippen molar-refractivity contribution in [3.8, 4) is 5.75 Å². The Balaban J connectivity index is 0.00000127. The van der Waals surface area contributed by atoms with E-state index in [1.165, 1.54) is 31.2 Å². The first kappa shape index (κ1) is 19.7. The maximum absolute atomic E-state index is 5.68. The van der Waals surface area contributed by atoms with Gasteiger partial charge in [-0.05, 0) is 56.3 Å². The summed E-state index contributed by atoms with van der Waals surface area (Å²) >= 11 is 0. The number of hydrogen-bond donors (Lipinski definition) is 0. The number of benzene rings is 1. The quantitative estimate of drug-likeness (QED) is 0.544. The van der Waals surface area contributed by atoms with E-state index in [4.69, 9.17) is 9.47 Å². The summed E-state index contributed by atoms with van der Waals surface area (Å²) < 4.78 is 10.7. The van der Waals surface area contributed by atoms with Gasteiger partial charge in [0.25, 0.3) is 0 Å². The monoisotopic (exact) mass is 319 g/mol. The van der Waals surface area contributed by atoms with Crippen molar-refractivity contribution in [2.75, 3.05) is 27.4 Å². The molecule has 1 saturated carbocycles. The molecule has 1 aromatic rings. The van der Waals surface area contributed by atoms with Gasteiger partial charge in [-0.3, -0.25) is 4.90 Å². The predicted octanol–water partition coefficient (Wildman–Crippen LogP) is 4.52. The molecule has 2 rings (SSSR count). The lowest BCUT2D eigenvalue weighted by atomic mass is 9.86. The van der Waals surface area contributed by atoms with Crippen LogP contribution in [-0.2, 0) is 11.3 Å². The van der Waals surface area contributed by atoms with Gasteiger partial charge in [-0.15, -0.1) is 13.2 Å². The van der Waals surface area contributed by atoms with Crippen molar-refractivity contribution in [3.63, 3.8) is 0 Å². The van der Waals surface area contributed by atoms with Gasteiger partial charge in [0, 0.05) is 19.7 Å². The average Bonchev–Trinajstić information content (AvgIpc) is 2.58. The van der Waals surface area contributed by atoms with E-state index >= 15 is 0 Å². The summed E-state index contributed by atoms with van der Waals surface area (Å²) in [6.07, 6.45) is 5.41. The molecule has 1 aromatic carbocycles. The molecule has 0 heterocycles. The molecule has 0 spiro atoms. The van der Waals surface area contributed by atoms with Gasteiger partial charge >= 0.3 is 0 Å². The van der Waals surface area contributed by atoms with Crippen LogP contribution < -0.4 is 4.74 Å². The van der Waals surface area contributed by atoms with Crippen LogP contribution in [0.4, 0.5) is 0 Å². The molecule has 3 nitrogen and oxygen atoms in total. The van der Waals surface area contributed by atoms with Crippen LogP contribution in [0.2, 0.25) is 0 Å².